The summed E-state index contributed by atoms with van der Waals surface area (Å²) in [4.78, 5) is 26.7. The fourth-order valence-corrected chi connectivity index (χ4v) is 11.3. The Labute approximate surface area is 284 Å². The molecule has 1 N–H and O–H groups in total. The van der Waals surface area contributed by atoms with E-state index in [2.05, 4.69) is 26.8 Å². The first-order chi connectivity index (χ1) is 23.0. The van der Waals surface area contributed by atoms with Gasteiger partial charge in [0.2, 0.25) is 0 Å². The summed E-state index contributed by atoms with van der Waals surface area (Å²) in [7, 11) is 0. The zero-order valence-electron chi connectivity index (χ0n) is 28.7. The number of aliphatic hydroxyl groups is 1. The lowest BCUT2D eigenvalue weighted by molar-refractivity contribution is -0.287. The van der Waals surface area contributed by atoms with Crippen LogP contribution in [0.2, 0.25) is 0 Å². The molecule has 3 saturated carbocycles. The molecule has 7 heteroatoms. The Morgan fingerprint density at radius 2 is 1.54 bits per heavy atom. The molecule has 2 aliphatic heterocycles. The largest absolute Gasteiger partial charge is 0.458 e. The monoisotopic (exact) mass is 654 g/mol. The van der Waals surface area contributed by atoms with Crippen LogP contribution in [-0.2, 0) is 18.9 Å². The number of aliphatic hydroxyl groups excluding tert-OH is 1. The second-order valence-electron chi connectivity index (χ2n) is 16.5. The van der Waals surface area contributed by atoms with Crippen molar-refractivity contribution in [2.45, 2.75) is 109 Å². The first-order valence-electron chi connectivity index (χ1n) is 18.2. The van der Waals surface area contributed by atoms with E-state index in [1.807, 2.05) is 55.5 Å². The smallest absolute Gasteiger partial charge is 0.338 e. The summed E-state index contributed by atoms with van der Waals surface area (Å²) in [5, 5.41) is 10.6. The molecule has 7 nitrogen and oxygen atoms in total. The van der Waals surface area contributed by atoms with Crippen LogP contribution in [-0.4, -0.2) is 53.4 Å². The summed E-state index contributed by atoms with van der Waals surface area (Å²) < 4.78 is 26.4. The first kappa shape index (κ1) is 32.2. The van der Waals surface area contributed by atoms with Gasteiger partial charge in [-0.05, 0) is 99.3 Å². The SMILES string of the molecule is C[C@H]1[C@H]2[C@H](C=C3[C@@H]4CC[C@H]5C[C@@H](O)CC[C@]5(C)[C@H]4C[C@H](OC(=O)c4ccccc4)[C@@]32C)O[C@]12CC[C@](C)(OC(=O)c1ccccc1)CO2. The number of fused-ring (bicyclic) bond motifs is 7. The van der Waals surface area contributed by atoms with Gasteiger partial charge in [-0.15, -0.1) is 0 Å². The standard InChI is InChI=1S/C41H50O7/c1-25-35-33(47-41(25)20-19-38(2,24-45-41)48-37(44)27-13-9-6-10-14-27)22-32-30-16-15-28-21-29(42)17-18-39(28,3)31(30)23-34(40(32,35)4)46-36(43)26-11-7-5-8-12-26/h5-14,22,25,28-31,33-35,42H,15-21,23-24H2,1-4H3/t25-,28-,29-,30+,31-,33-,34-,35-,38-,39-,40+,41+/m0/s1. The van der Waals surface area contributed by atoms with Gasteiger partial charge >= 0.3 is 11.9 Å². The fraction of sp³-hybridized carbons (Fsp3) is 0.610. The number of carbonyl (C=O) groups is 2. The van der Waals surface area contributed by atoms with Crippen LogP contribution < -0.4 is 0 Å². The molecule has 8 rings (SSSR count). The Morgan fingerprint density at radius 1 is 0.854 bits per heavy atom. The molecule has 2 aromatic rings. The number of carbonyl (C=O) groups excluding carboxylic acids is 2. The lowest BCUT2D eigenvalue weighted by atomic mass is 9.45. The highest BCUT2D eigenvalue weighted by molar-refractivity contribution is 5.90. The highest BCUT2D eigenvalue weighted by Gasteiger charge is 2.70. The average Bonchev–Trinajstić information content (AvgIpc) is 3.54. The molecule has 0 radical (unpaired) electrons. The molecule has 0 aromatic heterocycles. The second-order valence-corrected chi connectivity index (χ2v) is 16.5. The summed E-state index contributed by atoms with van der Waals surface area (Å²) in [6.07, 6.45) is 8.72. The average molecular weight is 655 g/mol. The highest BCUT2D eigenvalue weighted by atomic mass is 16.7. The third-order valence-electron chi connectivity index (χ3n) is 14.0. The van der Waals surface area contributed by atoms with Gasteiger partial charge in [-0.3, -0.25) is 0 Å². The van der Waals surface area contributed by atoms with E-state index in [4.69, 9.17) is 18.9 Å². The molecule has 256 valence electrons. The van der Waals surface area contributed by atoms with Crippen LogP contribution >= 0.6 is 0 Å². The van der Waals surface area contributed by atoms with Gasteiger partial charge in [-0.25, -0.2) is 9.59 Å². The zero-order valence-corrected chi connectivity index (χ0v) is 28.7. The molecule has 2 heterocycles. The van der Waals surface area contributed by atoms with Gasteiger partial charge in [0.05, 0.1) is 29.9 Å². The van der Waals surface area contributed by atoms with Crippen molar-refractivity contribution < 1.29 is 33.6 Å². The number of benzene rings is 2. The molecule has 0 amide bonds. The molecule has 5 fully saturated rings. The van der Waals surface area contributed by atoms with Crippen molar-refractivity contribution >= 4 is 11.9 Å². The quantitative estimate of drug-likeness (QED) is 0.269. The molecule has 4 aliphatic carbocycles. The van der Waals surface area contributed by atoms with E-state index >= 15 is 0 Å². The number of hydrogen-bond acceptors (Lipinski definition) is 7. The highest BCUT2D eigenvalue weighted by Crippen LogP contribution is 2.70. The second kappa shape index (κ2) is 11.5. The van der Waals surface area contributed by atoms with Crippen LogP contribution in [0.4, 0.5) is 0 Å². The maximum absolute atomic E-state index is 13.8. The minimum atomic E-state index is -0.799. The van der Waals surface area contributed by atoms with Crippen molar-refractivity contribution in [3.8, 4) is 0 Å². The molecular weight excluding hydrogens is 604 g/mol. The minimum absolute atomic E-state index is 0.0295. The molecule has 48 heavy (non-hydrogen) atoms. The molecule has 2 aromatic carbocycles. The van der Waals surface area contributed by atoms with Gasteiger partial charge in [0, 0.05) is 23.7 Å². The molecule has 1 spiro atoms. The van der Waals surface area contributed by atoms with E-state index in [0.29, 0.717) is 41.7 Å². The van der Waals surface area contributed by atoms with Crippen molar-refractivity contribution in [1.82, 2.24) is 0 Å². The number of ether oxygens (including phenoxy) is 4. The molecule has 0 bridgehead atoms. The predicted molar refractivity (Wildman–Crippen MR) is 180 cm³/mol. The lowest BCUT2D eigenvalue weighted by Gasteiger charge is -2.61. The van der Waals surface area contributed by atoms with Crippen LogP contribution in [0.3, 0.4) is 0 Å². The van der Waals surface area contributed by atoms with Gasteiger partial charge in [0.25, 0.3) is 0 Å². The van der Waals surface area contributed by atoms with Crippen molar-refractivity contribution in [3.63, 3.8) is 0 Å². The lowest BCUT2D eigenvalue weighted by Crippen LogP contribution is -2.58. The Morgan fingerprint density at radius 3 is 2.21 bits per heavy atom. The van der Waals surface area contributed by atoms with E-state index in [-0.39, 0.29) is 54.1 Å². The van der Waals surface area contributed by atoms with Gasteiger partial charge in [0.15, 0.2) is 5.79 Å². The van der Waals surface area contributed by atoms with E-state index < -0.39 is 16.8 Å². The Balaban J connectivity index is 1.08. The Kier molecular flexibility index (Phi) is 7.74. The molecule has 0 unspecified atom stereocenters. The molecule has 2 saturated heterocycles. The summed E-state index contributed by atoms with van der Waals surface area (Å²) in [6.45, 7) is 9.22. The summed E-state index contributed by atoms with van der Waals surface area (Å²) >= 11 is 0. The number of rotatable bonds is 4. The van der Waals surface area contributed by atoms with Crippen LogP contribution in [0.25, 0.3) is 0 Å². The van der Waals surface area contributed by atoms with Crippen molar-refractivity contribution in [2.24, 2.45) is 40.4 Å². The zero-order chi connectivity index (χ0) is 33.5. The van der Waals surface area contributed by atoms with Crippen LogP contribution in [0, 0.1) is 40.4 Å². The van der Waals surface area contributed by atoms with Gasteiger partial charge < -0.3 is 24.1 Å². The molecule has 6 aliphatic rings. The minimum Gasteiger partial charge on any atom is -0.458 e. The topological polar surface area (TPSA) is 91.3 Å². The van der Waals surface area contributed by atoms with Crippen molar-refractivity contribution in [2.75, 3.05) is 6.61 Å². The maximum Gasteiger partial charge on any atom is 0.338 e. The van der Waals surface area contributed by atoms with Crippen molar-refractivity contribution in [3.05, 3.63) is 83.4 Å². The van der Waals surface area contributed by atoms with Crippen LogP contribution in [0.5, 0.6) is 0 Å². The van der Waals surface area contributed by atoms with E-state index in [1.165, 1.54) is 5.57 Å². The van der Waals surface area contributed by atoms with Crippen LogP contribution in [0.1, 0.15) is 99.8 Å². The maximum atomic E-state index is 13.8. The molecular formula is C41H50O7. The first-order valence-corrected chi connectivity index (χ1v) is 18.2. The van der Waals surface area contributed by atoms with E-state index in [0.717, 1.165) is 38.5 Å². The van der Waals surface area contributed by atoms with Gasteiger partial charge in [-0.1, -0.05) is 68.8 Å². The summed E-state index contributed by atoms with van der Waals surface area (Å²) in [5.74, 6) is -0.0321. The Bertz CT molecular complexity index is 1580. The van der Waals surface area contributed by atoms with Crippen LogP contribution in [0.15, 0.2) is 72.3 Å². The van der Waals surface area contributed by atoms with E-state index in [9.17, 15) is 14.7 Å². The Hall–Kier alpha value is -3.00. The third kappa shape index (κ3) is 4.93. The summed E-state index contributed by atoms with van der Waals surface area (Å²) in [6, 6.07) is 18.4. The van der Waals surface area contributed by atoms with Crippen molar-refractivity contribution in [1.29, 1.82) is 0 Å². The third-order valence-corrected chi connectivity index (χ3v) is 14.0. The number of hydrogen-bond donors (Lipinski definition) is 1. The van der Waals surface area contributed by atoms with Gasteiger partial charge in [-0.2, -0.15) is 0 Å². The predicted octanol–water partition coefficient (Wildman–Crippen LogP) is 7.53. The molecule has 12 atom stereocenters. The fourth-order valence-electron chi connectivity index (χ4n) is 11.3. The number of esters is 2. The van der Waals surface area contributed by atoms with Gasteiger partial charge in [0.1, 0.15) is 11.7 Å². The van der Waals surface area contributed by atoms with E-state index in [1.54, 1.807) is 12.1 Å². The summed E-state index contributed by atoms with van der Waals surface area (Å²) in [5.41, 5.74) is 1.45. The normalized spacial score (nSPS) is 44.5.